The van der Waals surface area contributed by atoms with E-state index in [9.17, 15) is 4.79 Å². The molecule has 1 unspecified atom stereocenters. The molecule has 2 N–H and O–H groups in total. The second kappa shape index (κ2) is 9.37. The maximum atomic E-state index is 12.3. The van der Waals surface area contributed by atoms with Gasteiger partial charge in [0.1, 0.15) is 17.2 Å². The first kappa shape index (κ1) is 20.1. The van der Waals surface area contributed by atoms with Gasteiger partial charge in [-0.05, 0) is 19.8 Å². The molecule has 6 heteroatoms. The van der Waals surface area contributed by atoms with Gasteiger partial charge in [-0.1, -0.05) is 13.3 Å². The SMILES string of the molecule is CCCC(C)(N)C(=O)N(C)CCCOc1cc(OC)cc(OC)c1. The van der Waals surface area contributed by atoms with E-state index in [1.165, 1.54) is 0 Å². The van der Waals surface area contributed by atoms with Gasteiger partial charge in [0, 0.05) is 31.8 Å². The molecule has 0 spiro atoms. The Morgan fingerprint density at radius 1 is 1.17 bits per heavy atom. The predicted octanol–water partition coefficient (Wildman–Crippen LogP) is 2.45. The van der Waals surface area contributed by atoms with Crippen LogP contribution in [-0.4, -0.2) is 50.8 Å². The molecule has 1 atom stereocenters. The fourth-order valence-corrected chi connectivity index (χ4v) is 2.52. The average molecular weight is 338 g/mol. The highest BCUT2D eigenvalue weighted by Crippen LogP contribution is 2.27. The number of carbonyl (C=O) groups excluding carboxylic acids is 1. The van der Waals surface area contributed by atoms with Gasteiger partial charge in [-0.25, -0.2) is 0 Å². The lowest BCUT2D eigenvalue weighted by molar-refractivity contribution is -0.135. The third-order valence-corrected chi connectivity index (χ3v) is 3.84. The summed E-state index contributed by atoms with van der Waals surface area (Å²) in [7, 11) is 4.97. The monoisotopic (exact) mass is 338 g/mol. The minimum atomic E-state index is -0.801. The minimum absolute atomic E-state index is 0.0348. The summed E-state index contributed by atoms with van der Waals surface area (Å²) in [6.45, 7) is 4.89. The van der Waals surface area contributed by atoms with Crippen molar-refractivity contribution in [3.05, 3.63) is 18.2 Å². The zero-order valence-electron chi connectivity index (χ0n) is 15.4. The summed E-state index contributed by atoms with van der Waals surface area (Å²) < 4.78 is 16.1. The molecule has 136 valence electrons. The molecule has 0 aliphatic heterocycles. The Kier molecular flexibility index (Phi) is 7.85. The van der Waals surface area contributed by atoms with Crippen LogP contribution in [-0.2, 0) is 4.79 Å². The Labute approximate surface area is 144 Å². The first-order valence-corrected chi connectivity index (χ1v) is 8.24. The predicted molar refractivity (Wildman–Crippen MR) is 94.8 cm³/mol. The van der Waals surface area contributed by atoms with Crippen molar-refractivity contribution in [1.82, 2.24) is 4.90 Å². The molecule has 1 rings (SSSR count). The number of hydrogen-bond donors (Lipinski definition) is 1. The number of rotatable bonds is 10. The van der Waals surface area contributed by atoms with E-state index in [-0.39, 0.29) is 5.91 Å². The van der Waals surface area contributed by atoms with Gasteiger partial charge in [0.15, 0.2) is 0 Å². The van der Waals surface area contributed by atoms with Crippen molar-refractivity contribution >= 4 is 5.91 Å². The average Bonchev–Trinajstić information content (AvgIpc) is 2.57. The van der Waals surface area contributed by atoms with Gasteiger partial charge in [0.2, 0.25) is 5.91 Å². The zero-order chi connectivity index (χ0) is 18.2. The van der Waals surface area contributed by atoms with E-state index in [4.69, 9.17) is 19.9 Å². The Morgan fingerprint density at radius 2 is 1.71 bits per heavy atom. The summed E-state index contributed by atoms with van der Waals surface area (Å²) in [6, 6.07) is 5.39. The molecular formula is C18H30N2O4. The second-order valence-electron chi connectivity index (χ2n) is 6.14. The summed E-state index contributed by atoms with van der Waals surface area (Å²) in [5, 5.41) is 0. The lowest BCUT2D eigenvalue weighted by Crippen LogP contribution is -2.52. The lowest BCUT2D eigenvalue weighted by atomic mass is 9.96. The van der Waals surface area contributed by atoms with Gasteiger partial charge >= 0.3 is 0 Å². The van der Waals surface area contributed by atoms with E-state index in [2.05, 4.69) is 0 Å². The van der Waals surface area contributed by atoms with Crippen LogP contribution in [0.4, 0.5) is 0 Å². The van der Waals surface area contributed by atoms with Crippen molar-refractivity contribution in [2.45, 2.75) is 38.6 Å². The van der Waals surface area contributed by atoms with E-state index in [1.54, 1.807) is 51.3 Å². The van der Waals surface area contributed by atoms with Gasteiger partial charge in [0.05, 0.1) is 26.4 Å². The van der Waals surface area contributed by atoms with Crippen LogP contribution in [0.25, 0.3) is 0 Å². The Morgan fingerprint density at radius 3 is 2.21 bits per heavy atom. The van der Waals surface area contributed by atoms with E-state index >= 15 is 0 Å². The van der Waals surface area contributed by atoms with Gasteiger partial charge in [-0.2, -0.15) is 0 Å². The van der Waals surface area contributed by atoms with Crippen LogP contribution in [0.1, 0.15) is 33.1 Å². The van der Waals surface area contributed by atoms with Crippen LogP contribution in [0.2, 0.25) is 0 Å². The molecule has 1 aromatic rings. The number of likely N-dealkylation sites (N-methyl/N-ethyl adjacent to an activating group) is 1. The van der Waals surface area contributed by atoms with Crippen LogP contribution in [0.5, 0.6) is 17.2 Å². The number of nitrogens with zero attached hydrogens (tertiary/aromatic N) is 1. The molecule has 0 saturated carbocycles. The summed E-state index contributed by atoms with van der Waals surface area (Å²) >= 11 is 0. The van der Waals surface area contributed by atoms with Crippen LogP contribution >= 0.6 is 0 Å². The number of ether oxygens (including phenoxy) is 3. The minimum Gasteiger partial charge on any atom is -0.496 e. The van der Waals surface area contributed by atoms with E-state index in [0.717, 1.165) is 6.42 Å². The van der Waals surface area contributed by atoms with Crippen molar-refractivity contribution in [3.63, 3.8) is 0 Å². The molecular weight excluding hydrogens is 308 g/mol. The standard InChI is InChI=1S/C18H30N2O4/c1-6-8-18(2,19)17(21)20(3)9-7-10-24-16-12-14(22-4)11-15(13-16)23-5/h11-13H,6-10,19H2,1-5H3. The van der Waals surface area contributed by atoms with Crippen LogP contribution in [0.3, 0.4) is 0 Å². The third-order valence-electron chi connectivity index (χ3n) is 3.84. The summed E-state index contributed by atoms with van der Waals surface area (Å²) in [6.07, 6.45) is 2.27. The lowest BCUT2D eigenvalue weighted by Gasteiger charge is -2.29. The first-order valence-electron chi connectivity index (χ1n) is 8.24. The van der Waals surface area contributed by atoms with E-state index in [0.29, 0.717) is 43.2 Å². The van der Waals surface area contributed by atoms with E-state index < -0.39 is 5.54 Å². The first-order chi connectivity index (χ1) is 11.3. The molecule has 0 aliphatic carbocycles. The molecule has 0 fully saturated rings. The fraction of sp³-hybridized carbons (Fsp3) is 0.611. The maximum absolute atomic E-state index is 12.3. The molecule has 0 saturated heterocycles. The molecule has 0 heterocycles. The third kappa shape index (κ3) is 5.92. The highest BCUT2D eigenvalue weighted by Gasteiger charge is 2.29. The van der Waals surface area contributed by atoms with Gasteiger partial charge in [0.25, 0.3) is 0 Å². The number of nitrogens with two attached hydrogens (primary N) is 1. The zero-order valence-corrected chi connectivity index (χ0v) is 15.4. The smallest absolute Gasteiger partial charge is 0.242 e. The van der Waals surface area contributed by atoms with Crippen molar-refractivity contribution in [2.24, 2.45) is 5.73 Å². The van der Waals surface area contributed by atoms with Crippen LogP contribution < -0.4 is 19.9 Å². The maximum Gasteiger partial charge on any atom is 0.242 e. The topological polar surface area (TPSA) is 74.0 Å². The number of carbonyl (C=O) groups is 1. The molecule has 6 nitrogen and oxygen atoms in total. The largest absolute Gasteiger partial charge is 0.496 e. The quantitative estimate of drug-likeness (QED) is 0.663. The van der Waals surface area contributed by atoms with Crippen molar-refractivity contribution < 1.29 is 19.0 Å². The molecule has 0 radical (unpaired) electrons. The molecule has 24 heavy (non-hydrogen) atoms. The van der Waals surface area contributed by atoms with Crippen molar-refractivity contribution in [3.8, 4) is 17.2 Å². The van der Waals surface area contributed by atoms with Crippen LogP contribution in [0.15, 0.2) is 18.2 Å². The highest BCUT2D eigenvalue weighted by atomic mass is 16.5. The fourth-order valence-electron chi connectivity index (χ4n) is 2.52. The molecule has 1 amide bonds. The van der Waals surface area contributed by atoms with Crippen LogP contribution in [0, 0.1) is 0 Å². The molecule has 0 bridgehead atoms. The van der Waals surface area contributed by atoms with Crippen molar-refractivity contribution in [2.75, 3.05) is 34.4 Å². The summed E-state index contributed by atoms with van der Waals surface area (Å²) in [5.74, 6) is 1.99. The van der Waals surface area contributed by atoms with Crippen molar-refractivity contribution in [1.29, 1.82) is 0 Å². The van der Waals surface area contributed by atoms with Gasteiger partial charge < -0.3 is 24.8 Å². The molecule has 0 aliphatic rings. The number of hydrogen-bond acceptors (Lipinski definition) is 5. The number of amides is 1. The summed E-state index contributed by atoms with van der Waals surface area (Å²) in [4.78, 5) is 14.0. The molecule has 1 aromatic carbocycles. The van der Waals surface area contributed by atoms with Gasteiger partial charge in [-0.3, -0.25) is 4.79 Å². The van der Waals surface area contributed by atoms with Gasteiger partial charge in [-0.15, -0.1) is 0 Å². The second-order valence-corrected chi connectivity index (χ2v) is 6.14. The Balaban J connectivity index is 2.47. The normalized spacial score (nSPS) is 13.1. The molecule has 0 aromatic heterocycles. The Hall–Kier alpha value is -1.95. The van der Waals surface area contributed by atoms with E-state index in [1.807, 2.05) is 6.92 Å². The Bertz CT molecular complexity index is 510. The number of benzene rings is 1. The number of methoxy groups -OCH3 is 2. The summed E-state index contributed by atoms with van der Waals surface area (Å²) in [5.41, 5.74) is 5.28. The highest BCUT2D eigenvalue weighted by molar-refractivity contribution is 5.85.